The second-order valence-corrected chi connectivity index (χ2v) is 9.14. The summed E-state index contributed by atoms with van der Waals surface area (Å²) < 4.78 is 5.05. The van der Waals surface area contributed by atoms with E-state index in [0.29, 0.717) is 12.1 Å². The van der Waals surface area contributed by atoms with Crippen LogP contribution in [0.4, 0.5) is 5.69 Å². The maximum Gasteiger partial charge on any atom is 0.340 e. The minimum absolute atomic E-state index is 0.135. The standard InChI is InChI=1S/C28H36ClN3O5/c1-2-3-4-5-6-7-8-9-10-19-25(33)30-24-18-14-12-16-22(24)28(36)37-20-26(34)31-32-27(35)21-15-11-13-17-23(21)29/h11-18H,2-10,19-20H2,1H3,(H,30,33)(H,31,34)(H,32,35). The third-order valence-corrected chi connectivity index (χ3v) is 6.03. The summed E-state index contributed by atoms with van der Waals surface area (Å²) in [5.41, 5.74) is 5.02. The van der Waals surface area contributed by atoms with E-state index in [1.54, 1.807) is 36.4 Å². The van der Waals surface area contributed by atoms with E-state index < -0.39 is 24.4 Å². The van der Waals surface area contributed by atoms with Gasteiger partial charge in [0.2, 0.25) is 5.91 Å². The van der Waals surface area contributed by atoms with E-state index in [1.165, 1.54) is 50.7 Å². The Bertz CT molecular complexity index is 1040. The van der Waals surface area contributed by atoms with Crippen LogP contribution in [0.25, 0.3) is 0 Å². The van der Waals surface area contributed by atoms with Crippen molar-refractivity contribution < 1.29 is 23.9 Å². The van der Waals surface area contributed by atoms with Crippen LogP contribution in [0.3, 0.4) is 0 Å². The molecule has 37 heavy (non-hydrogen) atoms. The Morgan fingerprint density at radius 2 is 1.32 bits per heavy atom. The van der Waals surface area contributed by atoms with Crippen molar-refractivity contribution in [3.05, 3.63) is 64.7 Å². The number of ether oxygens (including phenoxy) is 1. The number of hydrogen-bond acceptors (Lipinski definition) is 5. The van der Waals surface area contributed by atoms with Crippen molar-refractivity contribution in [2.24, 2.45) is 0 Å². The Labute approximate surface area is 223 Å². The summed E-state index contributed by atoms with van der Waals surface area (Å²) in [5, 5.41) is 2.99. The summed E-state index contributed by atoms with van der Waals surface area (Å²) in [5.74, 6) is -2.29. The lowest BCUT2D eigenvalue weighted by Gasteiger charge is -2.12. The van der Waals surface area contributed by atoms with Crippen LogP contribution in [0.2, 0.25) is 5.02 Å². The van der Waals surface area contributed by atoms with Crippen LogP contribution < -0.4 is 16.2 Å². The van der Waals surface area contributed by atoms with Crippen LogP contribution >= 0.6 is 11.6 Å². The van der Waals surface area contributed by atoms with Gasteiger partial charge in [0.05, 0.1) is 21.8 Å². The van der Waals surface area contributed by atoms with Gasteiger partial charge >= 0.3 is 5.97 Å². The Kier molecular flexibility index (Phi) is 13.8. The maximum atomic E-state index is 12.5. The number of nitrogens with one attached hydrogen (secondary N) is 3. The van der Waals surface area contributed by atoms with Gasteiger partial charge in [-0.05, 0) is 30.7 Å². The fraction of sp³-hybridized carbons (Fsp3) is 0.429. The number of carbonyl (C=O) groups excluding carboxylic acids is 4. The van der Waals surface area contributed by atoms with E-state index in [9.17, 15) is 19.2 Å². The molecule has 0 aliphatic rings. The number of anilines is 1. The summed E-state index contributed by atoms with van der Waals surface area (Å²) in [6, 6.07) is 12.8. The van der Waals surface area contributed by atoms with Gasteiger partial charge in [0.1, 0.15) is 0 Å². The molecule has 0 heterocycles. The van der Waals surface area contributed by atoms with Gasteiger partial charge in [-0.15, -0.1) is 0 Å². The van der Waals surface area contributed by atoms with E-state index in [4.69, 9.17) is 16.3 Å². The third-order valence-electron chi connectivity index (χ3n) is 5.70. The molecule has 9 heteroatoms. The number of para-hydroxylation sites is 1. The Morgan fingerprint density at radius 3 is 2.00 bits per heavy atom. The van der Waals surface area contributed by atoms with Gasteiger partial charge in [-0.2, -0.15) is 0 Å². The number of amides is 3. The van der Waals surface area contributed by atoms with E-state index in [1.807, 2.05) is 0 Å². The van der Waals surface area contributed by atoms with Gasteiger partial charge in [-0.25, -0.2) is 4.79 Å². The summed E-state index contributed by atoms with van der Waals surface area (Å²) in [4.78, 5) is 49.0. The highest BCUT2D eigenvalue weighted by Gasteiger charge is 2.16. The molecule has 0 aromatic heterocycles. The second-order valence-electron chi connectivity index (χ2n) is 8.73. The predicted molar refractivity (Wildman–Crippen MR) is 144 cm³/mol. The molecule has 8 nitrogen and oxygen atoms in total. The molecule has 0 bridgehead atoms. The molecule has 0 aliphatic carbocycles. The molecule has 0 unspecified atom stereocenters. The molecule has 3 amide bonds. The number of halogens is 1. The molecule has 0 radical (unpaired) electrons. The summed E-state index contributed by atoms with van der Waals surface area (Å²) in [6.07, 6.45) is 10.8. The normalized spacial score (nSPS) is 10.4. The Morgan fingerprint density at radius 1 is 0.730 bits per heavy atom. The molecular weight excluding hydrogens is 494 g/mol. The summed E-state index contributed by atoms with van der Waals surface area (Å²) in [7, 11) is 0. The lowest BCUT2D eigenvalue weighted by atomic mass is 10.1. The number of rotatable bonds is 15. The highest BCUT2D eigenvalue weighted by atomic mass is 35.5. The van der Waals surface area contributed by atoms with Gasteiger partial charge in [-0.1, -0.05) is 94.2 Å². The molecule has 0 saturated carbocycles. The second kappa shape index (κ2) is 17.1. The zero-order valence-electron chi connectivity index (χ0n) is 21.3. The van der Waals surface area contributed by atoms with Crippen LogP contribution in [0.15, 0.2) is 48.5 Å². The first-order valence-corrected chi connectivity index (χ1v) is 13.2. The molecule has 0 atom stereocenters. The van der Waals surface area contributed by atoms with Crippen LogP contribution in [-0.2, 0) is 14.3 Å². The van der Waals surface area contributed by atoms with Crippen molar-refractivity contribution in [1.82, 2.24) is 10.9 Å². The molecule has 3 N–H and O–H groups in total. The largest absolute Gasteiger partial charge is 0.452 e. The van der Waals surface area contributed by atoms with Crippen molar-refractivity contribution >= 4 is 41.0 Å². The number of esters is 1. The predicted octanol–water partition coefficient (Wildman–Crippen LogP) is 5.82. The third kappa shape index (κ3) is 11.5. The molecule has 200 valence electrons. The Balaban J connectivity index is 1.71. The molecule has 2 rings (SSSR count). The lowest BCUT2D eigenvalue weighted by molar-refractivity contribution is -0.125. The number of unbranched alkanes of at least 4 members (excludes halogenated alkanes) is 8. The smallest absolute Gasteiger partial charge is 0.340 e. The minimum Gasteiger partial charge on any atom is -0.452 e. The van der Waals surface area contributed by atoms with Crippen molar-refractivity contribution in [1.29, 1.82) is 0 Å². The van der Waals surface area contributed by atoms with Gasteiger partial charge in [0.25, 0.3) is 11.8 Å². The fourth-order valence-electron chi connectivity index (χ4n) is 3.66. The topological polar surface area (TPSA) is 114 Å². The minimum atomic E-state index is -0.772. The summed E-state index contributed by atoms with van der Waals surface area (Å²) in [6.45, 7) is 1.58. The van der Waals surface area contributed by atoms with Crippen molar-refractivity contribution in [2.75, 3.05) is 11.9 Å². The van der Waals surface area contributed by atoms with Crippen LogP contribution in [0, 0.1) is 0 Å². The Hall–Kier alpha value is -3.39. The van der Waals surface area contributed by atoms with Crippen LogP contribution in [0.5, 0.6) is 0 Å². The highest BCUT2D eigenvalue weighted by molar-refractivity contribution is 6.33. The van der Waals surface area contributed by atoms with E-state index in [2.05, 4.69) is 23.1 Å². The van der Waals surface area contributed by atoms with Gasteiger partial charge in [0, 0.05) is 6.42 Å². The molecule has 0 spiro atoms. The molecule has 2 aromatic carbocycles. The van der Waals surface area contributed by atoms with E-state index in [-0.39, 0.29) is 22.1 Å². The van der Waals surface area contributed by atoms with Crippen molar-refractivity contribution in [3.8, 4) is 0 Å². The first-order chi connectivity index (χ1) is 17.9. The summed E-state index contributed by atoms with van der Waals surface area (Å²) >= 11 is 5.95. The maximum absolute atomic E-state index is 12.5. The van der Waals surface area contributed by atoms with Crippen LogP contribution in [-0.4, -0.2) is 30.3 Å². The van der Waals surface area contributed by atoms with Crippen molar-refractivity contribution in [3.63, 3.8) is 0 Å². The van der Waals surface area contributed by atoms with E-state index >= 15 is 0 Å². The average molecular weight is 530 g/mol. The molecule has 0 saturated heterocycles. The SMILES string of the molecule is CCCCCCCCCCCC(=O)Nc1ccccc1C(=O)OCC(=O)NNC(=O)c1ccccc1Cl. The number of hydrazine groups is 1. The average Bonchev–Trinajstić information content (AvgIpc) is 2.90. The first-order valence-electron chi connectivity index (χ1n) is 12.8. The quantitative estimate of drug-likeness (QED) is 0.153. The molecule has 2 aromatic rings. The van der Waals surface area contributed by atoms with E-state index in [0.717, 1.165) is 19.3 Å². The number of hydrogen-bond donors (Lipinski definition) is 3. The zero-order valence-corrected chi connectivity index (χ0v) is 22.1. The van der Waals surface area contributed by atoms with Crippen molar-refractivity contribution in [2.45, 2.75) is 71.1 Å². The molecule has 0 fully saturated rings. The number of benzene rings is 2. The molecule has 0 aliphatic heterocycles. The highest BCUT2D eigenvalue weighted by Crippen LogP contribution is 2.18. The van der Waals surface area contributed by atoms with Gasteiger partial charge in [-0.3, -0.25) is 25.2 Å². The van der Waals surface area contributed by atoms with Crippen LogP contribution in [0.1, 0.15) is 91.8 Å². The lowest BCUT2D eigenvalue weighted by Crippen LogP contribution is -2.43. The molecular formula is C28H36ClN3O5. The fourth-order valence-corrected chi connectivity index (χ4v) is 3.88. The van der Waals surface area contributed by atoms with Gasteiger partial charge in [0.15, 0.2) is 6.61 Å². The zero-order chi connectivity index (χ0) is 26.9. The first kappa shape index (κ1) is 29.8. The van der Waals surface area contributed by atoms with Gasteiger partial charge < -0.3 is 10.1 Å². The number of carbonyl (C=O) groups is 4. The monoisotopic (exact) mass is 529 g/mol.